The van der Waals surface area contributed by atoms with Crippen LogP contribution in [0.3, 0.4) is 0 Å². The summed E-state index contributed by atoms with van der Waals surface area (Å²) in [7, 11) is 0. The van der Waals surface area contributed by atoms with E-state index >= 15 is 0 Å². The molecule has 3 nitrogen and oxygen atoms in total. The molecule has 0 fully saturated rings. The molecule has 1 aromatic carbocycles. The van der Waals surface area contributed by atoms with E-state index < -0.39 is 11.4 Å². The van der Waals surface area contributed by atoms with Crippen molar-refractivity contribution in [2.75, 3.05) is 6.61 Å². The number of ether oxygens (including phenoxy) is 1. The summed E-state index contributed by atoms with van der Waals surface area (Å²) < 4.78 is 5.71. The number of rotatable bonds is 7. The van der Waals surface area contributed by atoms with E-state index in [0.717, 1.165) is 36.1 Å². The summed E-state index contributed by atoms with van der Waals surface area (Å²) in [5.41, 5.74) is 1.32. The van der Waals surface area contributed by atoms with Crippen molar-refractivity contribution in [1.29, 1.82) is 0 Å². The van der Waals surface area contributed by atoms with Crippen LogP contribution in [0.4, 0.5) is 0 Å². The molecule has 1 heterocycles. The van der Waals surface area contributed by atoms with Crippen molar-refractivity contribution >= 4 is 17.6 Å². The van der Waals surface area contributed by atoms with E-state index in [9.17, 15) is 9.90 Å². The molecule has 0 saturated carbocycles. The summed E-state index contributed by atoms with van der Waals surface area (Å²) in [4.78, 5) is 11.9. The van der Waals surface area contributed by atoms with Crippen LogP contribution in [0, 0.1) is 5.41 Å². The largest absolute Gasteiger partial charge is 0.493 e. The van der Waals surface area contributed by atoms with Crippen LogP contribution in [0.15, 0.2) is 12.1 Å². The smallest absolute Gasteiger partial charge is 0.309 e. The molecule has 1 N–H and O–H groups in total. The quantitative estimate of drug-likeness (QED) is 0.807. The van der Waals surface area contributed by atoms with Crippen LogP contribution in [0.25, 0.3) is 0 Å². The Morgan fingerprint density at radius 3 is 2.81 bits per heavy atom. The number of hydrogen-bond donors (Lipinski definition) is 1. The van der Waals surface area contributed by atoms with Crippen LogP contribution in [0.1, 0.15) is 50.7 Å². The molecule has 4 heteroatoms. The Bertz CT molecular complexity index is 527. The Labute approximate surface area is 131 Å². The van der Waals surface area contributed by atoms with E-state index in [1.54, 1.807) is 0 Å². The second-order valence-electron chi connectivity index (χ2n) is 5.87. The highest BCUT2D eigenvalue weighted by atomic mass is 35.5. The predicted octanol–water partition coefficient (Wildman–Crippen LogP) is 4.49. The number of halogens is 1. The van der Waals surface area contributed by atoms with Gasteiger partial charge in [0.15, 0.2) is 0 Å². The minimum absolute atomic E-state index is 0.488. The van der Waals surface area contributed by atoms with Crippen molar-refractivity contribution in [2.24, 2.45) is 5.41 Å². The maximum Gasteiger partial charge on any atom is 0.309 e. The molecule has 1 unspecified atom stereocenters. The molecule has 0 saturated heterocycles. The summed E-state index contributed by atoms with van der Waals surface area (Å²) >= 11 is 6.18. The molecule has 116 valence electrons. The van der Waals surface area contributed by atoms with Gasteiger partial charge in [0.25, 0.3) is 0 Å². The Kier molecular flexibility index (Phi) is 5.15. The third kappa shape index (κ3) is 3.34. The zero-order valence-electron chi connectivity index (χ0n) is 12.7. The predicted molar refractivity (Wildman–Crippen MR) is 84.2 cm³/mol. The van der Waals surface area contributed by atoms with Gasteiger partial charge in [0.1, 0.15) is 5.75 Å². The van der Waals surface area contributed by atoms with Gasteiger partial charge in [0.05, 0.1) is 12.0 Å². The van der Waals surface area contributed by atoms with E-state index in [1.165, 1.54) is 0 Å². The van der Waals surface area contributed by atoms with Gasteiger partial charge in [0.2, 0.25) is 0 Å². The summed E-state index contributed by atoms with van der Waals surface area (Å²) in [5, 5.41) is 10.4. The number of unbranched alkanes of at least 4 members (excludes halogenated alkanes) is 1. The fourth-order valence-corrected chi connectivity index (χ4v) is 3.34. The summed E-state index contributed by atoms with van der Waals surface area (Å²) in [6.45, 7) is 4.70. The molecule has 2 rings (SSSR count). The summed E-state index contributed by atoms with van der Waals surface area (Å²) in [6.07, 6.45) is 4.56. The van der Waals surface area contributed by atoms with Crippen molar-refractivity contribution in [1.82, 2.24) is 0 Å². The van der Waals surface area contributed by atoms with E-state index in [1.807, 2.05) is 19.1 Å². The molecule has 1 aliphatic rings. The first-order valence-electron chi connectivity index (χ1n) is 7.70. The van der Waals surface area contributed by atoms with Gasteiger partial charge >= 0.3 is 5.97 Å². The summed E-state index contributed by atoms with van der Waals surface area (Å²) in [6, 6.07) is 3.79. The second kappa shape index (κ2) is 6.69. The standard InChI is InChI=1S/C17H23ClO3/c1-3-5-7-17(4-2,16(19)20)11-13-10-14(18)9-12-6-8-21-15(12)13/h9-10H,3-8,11H2,1-2H3,(H,19,20). The van der Waals surface area contributed by atoms with Gasteiger partial charge in [-0.25, -0.2) is 0 Å². The number of benzene rings is 1. The average Bonchev–Trinajstić information content (AvgIpc) is 2.91. The molecule has 0 radical (unpaired) electrons. The molecule has 21 heavy (non-hydrogen) atoms. The SMILES string of the molecule is CCCCC(CC)(Cc1cc(Cl)cc2c1OCC2)C(=O)O. The van der Waals surface area contributed by atoms with Crippen molar-refractivity contribution in [2.45, 2.75) is 52.4 Å². The first-order chi connectivity index (χ1) is 10.0. The fourth-order valence-electron chi connectivity index (χ4n) is 3.08. The van der Waals surface area contributed by atoms with Gasteiger partial charge in [-0.05, 0) is 42.5 Å². The Morgan fingerprint density at radius 1 is 1.43 bits per heavy atom. The molecule has 0 bridgehead atoms. The molecule has 0 aliphatic carbocycles. The minimum Gasteiger partial charge on any atom is -0.493 e. The second-order valence-corrected chi connectivity index (χ2v) is 6.31. The lowest BCUT2D eigenvalue weighted by molar-refractivity contribution is -0.149. The number of hydrogen-bond acceptors (Lipinski definition) is 2. The highest BCUT2D eigenvalue weighted by Gasteiger charge is 2.37. The lowest BCUT2D eigenvalue weighted by Gasteiger charge is -2.29. The number of carboxylic acid groups (broad SMARTS) is 1. The first kappa shape index (κ1) is 16.2. The van der Waals surface area contributed by atoms with Crippen LogP contribution in [0.2, 0.25) is 5.02 Å². The topological polar surface area (TPSA) is 46.5 Å². The van der Waals surface area contributed by atoms with E-state index in [-0.39, 0.29) is 0 Å². The molecular weight excluding hydrogens is 288 g/mol. The van der Waals surface area contributed by atoms with Crippen LogP contribution in [0.5, 0.6) is 5.75 Å². The zero-order valence-corrected chi connectivity index (χ0v) is 13.5. The van der Waals surface area contributed by atoms with Gasteiger partial charge in [0, 0.05) is 11.4 Å². The van der Waals surface area contributed by atoms with Crippen molar-refractivity contribution in [3.05, 3.63) is 28.3 Å². The third-order valence-electron chi connectivity index (χ3n) is 4.49. The van der Waals surface area contributed by atoms with Gasteiger partial charge in [-0.1, -0.05) is 38.3 Å². The van der Waals surface area contributed by atoms with E-state index in [4.69, 9.17) is 16.3 Å². The molecule has 0 aromatic heterocycles. The fraction of sp³-hybridized carbons (Fsp3) is 0.588. The zero-order chi connectivity index (χ0) is 15.5. The number of aliphatic carboxylic acids is 1. The van der Waals surface area contributed by atoms with E-state index in [0.29, 0.717) is 30.9 Å². The van der Waals surface area contributed by atoms with Gasteiger partial charge in [-0.15, -0.1) is 0 Å². The Balaban J connectivity index is 2.35. The van der Waals surface area contributed by atoms with Crippen LogP contribution < -0.4 is 4.74 Å². The maximum atomic E-state index is 11.9. The highest BCUT2D eigenvalue weighted by molar-refractivity contribution is 6.30. The third-order valence-corrected chi connectivity index (χ3v) is 4.71. The van der Waals surface area contributed by atoms with Crippen LogP contribution in [-0.2, 0) is 17.6 Å². The maximum absolute atomic E-state index is 11.9. The lowest BCUT2D eigenvalue weighted by atomic mass is 9.75. The van der Waals surface area contributed by atoms with Crippen LogP contribution in [-0.4, -0.2) is 17.7 Å². The van der Waals surface area contributed by atoms with Gasteiger partial charge in [-0.3, -0.25) is 4.79 Å². The molecule has 0 spiro atoms. The average molecular weight is 311 g/mol. The molecule has 1 atom stereocenters. The number of carbonyl (C=O) groups is 1. The minimum atomic E-state index is -0.722. The van der Waals surface area contributed by atoms with Gasteiger partial charge in [-0.2, -0.15) is 0 Å². The first-order valence-corrected chi connectivity index (χ1v) is 8.07. The Morgan fingerprint density at radius 2 is 2.19 bits per heavy atom. The molecule has 1 aliphatic heterocycles. The molecule has 0 amide bonds. The van der Waals surface area contributed by atoms with Crippen molar-refractivity contribution in [3.63, 3.8) is 0 Å². The number of carboxylic acids is 1. The van der Waals surface area contributed by atoms with Gasteiger partial charge < -0.3 is 9.84 Å². The van der Waals surface area contributed by atoms with Crippen molar-refractivity contribution < 1.29 is 14.6 Å². The number of fused-ring (bicyclic) bond motifs is 1. The summed E-state index contributed by atoms with van der Waals surface area (Å²) in [5.74, 6) is 0.139. The van der Waals surface area contributed by atoms with Crippen LogP contribution >= 0.6 is 11.6 Å². The Hall–Kier alpha value is -1.22. The van der Waals surface area contributed by atoms with E-state index in [2.05, 4.69) is 6.92 Å². The van der Waals surface area contributed by atoms with Crippen molar-refractivity contribution in [3.8, 4) is 5.75 Å². The monoisotopic (exact) mass is 310 g/mol. The normalized spacial score (nSPS) is 16.1. The molecular formula is C17H23ClO3. The lowest BCUT2D eigenvalue weighted by Crippen LogP contribution is -2.33. The molecule has 1 aromatic rings. The highest BCUT2D eigenvalue weighted by Crippen LogP contribution is 2.40.